The molecule has 20 nitrogen and oxygen atoms in total. The minimum absolute atomic E-state index is 0.0361. The van der Waals surface area contributed by atoms with Gasteiger partial charge in [0, 0.05) is 89.8 Å². The summed E-state index contributed by atoms with van der Waals surface area (Å²) in [6, 6.07) is 0. The summed E-state index contributed by atoms with van der Waals surface area (Å²) in [5.41, 5.74) is -2.38. The fourth-order valence-electron chi connectivity index (χ4n) is 8.09. The number of ether oxygens (including phenoxy) is 5. The first-order valence-electron chi connectivity index (χ1n) is 25.1. The molecule has 3 unspecified atom stereocenters. The van der Waals surface area contributed by atoms with Gasteiger partial charge in [-0.1, -0.05) is 68.0 Å². The third kappa shape index (κ3) is 24.6. The number of carbonyl (C=O) groups excluding carboxylic acids is 6. The Kier molecular flexibility index (Phi) is 27.0. The Morgan fingerprint density at radius 3 is 1.76 bits per heavy atom. The van der Waals surface area contributed by atoms with Crippen LogP contribution >= 0.6 is 29.3 Å². The summed E-state index contributed by atoms with van der Waals surface area (Å²) in [6.07, 6.45) is 7.60. The van der Waals surface area contributed by atoms with Crippen LogP contribution in [0.4, 0.5) is 14.4 Å². The predicted molar refractivity (Wildman–Crippen MR) is 270 cm³/mol. The first kappa shape index (κ1) is 61.3. The summed E-state index contributed by atoms with van der Waals surface area (Å²) >= 11 is 0. The molecule has 1 aliphatic carbocycles. The largest absolute Gasteiger partial charge is 0.460 e. The average molecular weight is 1050 g/mol. The van der Waals surface area contributed by atoms with Crippen LogP contribution in [0.5, 0.6) is 0 Å². The summed E-state index contributed by atoms with van der Waals surface area (Å²) < 4.78 is 47.0. The molecule has 3 aliphatic rings. The number of esters is 1. The molecule has 0 bridgehead atoms. The average Bonchev–Trinajstić information content (AvgIpc) is 3.30. The van der Waals surface area contributed by atoms with Crippen molar-refractivity contribution < 1.29 is 66.4 Å². The van der Waals surface area contributed by atoms with Crippen LogP contribution in [0.25, 0.3) is 0 Å². The molecule has 3 fully saturated rings. The van der Waals surface area contributed by atoms with Gasteiger partial charge in [0.25, 0.3) is 5.91 Å². The number of alkyl carbamates (subject to hydrolysis) is 2. The number of rotatable bonds is 24. The first-order chi connectivity index (χ1) is 33.0. The van der Waals surface area contributed by atoms with E-state index in [1.54, 1.807) is 49.3 Å². The number of carbonyl (C=O) groups is 6. The van der Waals surface area contributed by atoms with Gasteiger partial charge >= 0.3 is 32.0 Å². The number of nitrogens with one attached hydrogen (secondary N) is 2. The SMILES string of the molecule is CCOC(=O)NCC1CCCCCC(CNC(=O)OCCSSCCOC(=O)N2CCN(C(=O)CCC(=O)OC(C)(C)CCOC(C)(C)C(=O)N3CCN(P(=O)(O)OCC(C)(C)C)CC3)CC2)CCC1. The molecular formula is C47H85N6O14PS2. The lowest BCUT2D eigenvalue weighted by Gasteiger charge is -2.39. The zero-order valence-electron chi connectivity index (χ0n) is 43.3. The zero-order chi connectivity index (χ0) is 51.8. The van der Waals surface area contributed by atoms with Crippen LogP contribution in [-0.4, -0.2) is 182 Å². The molecule has 2 heterocycles. The Bertz CT molecular complexity index is 1690. The normalized spacial score (nSPS) is 19.9. The molecule has 23 heteroatoms. The maximum absolute atomic E-state index is 13.3. The van der Waals surface area contributed by atoms with Crippen LogP contribution in [0.1, 0.15) is 126 Å². The maximum Gasteiger partial charge on any atom is 0.409 e. The standard InChI is InChI=1S/C47H85N6O14PS2/c1-9-62-42(57)48-34-37-14-11-10-12-15-38(17-13-16-37)35-49-43(58)63-30-32-69-70-33-31-64-44(59)52-23-21-50(22-24-52)39(54)18-19-40(55)67-46(5,6)20-29-65-47(7,8)41(56)51-25-27-53(28-26-51)68(60,61)66-36-45(2,3)4/h37-38H,9-36H2,1-8H3,(H,48,57)(H,49,58)(H,60,61). The summed E-state index contributed by atoms with van der Waals surface area (Å²) in [5, 5.41) is 5.81. The van der Waals surface area contributed by atoms with Gasteiger partial charge in [-0.2, -0.15) is 0 Å². The smallest absolute Gasteiger partial charge is 0.409 e. The molecule has 0 spiro atoms. The van der Waals surface area contributed by atoms with Crippen LogP contribution in [-0.2, 0) is 47.2 Å². The fourth-order valence-corrected chi connectivity index (χ4v) is 11.1. The summed E-state index contributed by atoms with van der Waals surface area (Å²) in [4.78, 5) is 91.0. The van der Waals surface area contributed by atoms with E-state index in [0.717, 1.165) is 51.4 Å². The van der Waals surface area contributed by atoms with Crippen molar-refractivity contribution in [2.75, 3.05) is 110 Å². The van der Waals surface area contributed by atoms with Crippen LogP contribution in [0.2, 0.25) is 0 Å². The maximum atomic E-state index is 13.3. The molecule has 2 aliphatic heterocycles. The Morgan fingerprint density at radius 1 is 0.657 bits per heavy atom. The van der Waals surface area contributed by atoms with E-state index < -0.39 is 37.1 Å². The van der Waals surface area contributed by atoms with Crippen molar-refractivity contribution in [3.63, 3.8) is 0 Å². The molecule has 3 rings (SSSR count). The van der Waals surface area contributed by atoms with E-state index in [9.17, 15) is 38.2 Å². The molecule has 3 N–H and O–H groups in total. The first-order valence-corrected chi connectivity index (χ1v) is 29.1. The Labute approximate surface area is 424 Å². The molecule has 0 aromatic carbocycles. The van der Waals surface area contributed by atoms with Crippen molar-refractivity contribution in [3.05, 3.63) is 0 Å². The molecule has 70 heavy (non-hydrogen) atoms. The third-order valence-electron chi connectivity index (χ3n) is 12.2. The minimum atomic E-state index is -3.98. The molecule has 1 saturated carbocycles. The molecule has 0 aromatic heterocycles. The van der Waals surface area contributed by atoms with Crippen LogP contribution in [0.15, 0.2) is 0 Å². The number of amides is 5. The second kappa shape index (κ2) is 30.9. The van der Waals surface area contributed by atoms with E-state index >= 15 is 0 Å². The zero-order valence-corrected chi connectivity index (χ0v) is 45.8. The van der Waals surface area contributed by atoms with E-state index in [4.69, 9.17) is 28.2 Å². The molecule has 0 aromatic rings. The van der Waals surface area contributed by atoms with Crippen molar-refractivity contribution in [1.29, 1.82) is 0 Å². The number of hydrogen-bond acceptors (Lipinski definition) is 15. The van der Waals surface area contributed by atoms with E-state index in [0.29, 0.717) is 75.6 Å². The highest BCUT2D eigenvalue weighted by Gasteiger charge is 2.39. The molecule has 2 saturated heterocycles. The van der Waals surface area contributed by atoms with Crippen molar-refractivity contribution in [3.8, 4) is 0 Å². The highest BCUT2D eigenvalue weighted by atomic mass is 33.1. The molecule has 404 valence electrons. The lowest BCUT2D eigenvalue weighted by atomic mass is 9.88. The van der Waals surface area contributed by atoms with Gasteiger partial charge in [-0.3, -0.25) is 18.9 Å². The van der Waals surface area contributed by atoms with Gasteiger partial charge in [-0.15, -0.1) is 0 Å². The van der Waals surface area contributed by atoms with Crippen LogP contribution in [0.3, 0.4) is 0 Å². The van der Waals surface area contributed by atoms with Crippen molar-refractivity contribution in [2.24, 2.45) is 17.3 Å². The van der Waals surface area contributed by atoms with Gasteiger partial charge < -0.3 is 53.9 Å². The fraction of sp³-hybridized carbons (Fsp3) is 0.872. The van der Waals surface area contributed by atoms with Crippen molar-refractivity contribution in [1.82, 2.24) is 30.0 Å². The van der Waals surface area contributed by atoms with Crippen LogP contribution < -0.4 is 10.6 Å². The van der Waals surface area contributed by atoms with E-state index in [1.165, 1.54) is 26.3 Å². The highest BCUT2D eigenvalue weighted by molar-refractivity contribution is 8.76. The van der Waals surface area contributed by atoms with Crippen molar-refractivity contribution >= 4 is 65.4 Å². The number of hydrogen-bond donors (Lipinski definition) is 3. The lowest BCUT2D eigenvalue weighted by molar-refractivity contribution is -0.165. The Balaban J connectivity index is 1.20. The summed E-state index contributed by atoms with van der Waals surface area (Å²) in [6.45, 7) is 18.8. The van der Waals surface area contributed by atoms with Gasteiger partial charge in [0.2, 0.25) is 5.91 Å². The van der Waals surface area contributed by atoms with Gasteiger partial charge in [-0.25, -0.2) is 23.6 Å². The summed E-state index contributed by atoms with van der Waals surface area (Å²) in [5.74, 6) is 0.992. The topological polar surface area (TPSA) is 232 Å². The molecule has 3 atom stereocenters. The Hall–Kier alpha value is -3.01. The minimum Gasteiger partial charge on any atom is -0.460 e. The number of piperazine rings is 2. The predicted octanol–water partition coefficient (Wildman–Crippen LogP) is 7.08. The van der Waals surface area contributed by atoms with Crippen LogP contribution in [0, 0.1) is 17.3 Å². The number of nitrogens with zero attached hydrogens (tertiary/aromatic N) is 4. The third-order valence-corrected chi connectivity index (χ3v) is 16.2. The second-order valence-corrected chi connectivity index (χ2v) is 25.0. The molecule has 5 amide bonds. The Morgan fingerprint density at radius 2 is 1.19 bits per heavy atom. The van der Waals surface area contributed by atoms with E-state index in [1.807, 2.05) is 20.8 Å². The molecular weight excluding hydrogens is 968 g/mol. The monoisotopic (exact) mass is 1050 g/mol. The van der Waals surface area contributed by atoms with E-state index in [-0.39, 0.29) is 88.8 Å². The van der Waals surface area contributed by atoms with Gasteiger partial charge in [0.1, 0.15) is 24.4 Å². The quantitative estimate of drug-likeness (QED) is 0.0288. The van der Waals surface area contributed by atoms with Gasteiger partial charge in [-0.05, 0) is 77.6 Å². The van der Waals surface area contributed by atoms with Gasteiger partial charge in [0.05, 0.1) is 26.2 Å². The van der Waals surface area contributed by atoms with Crippen molar-refractivity contribution in [2.45, 2.75) is 137 Å². The second-order valence-electron chi connectivity index (χ2n) is 20.5. The van der Waals surface area contributed by atoms with Gasteiger partial charge in [0.15, 0.2) is 0 Å². The summed E-state index contributed by atoms with van der Waals surface area (Å²) in [7, 11) is -0.926. The lowest BCUT2D eigenvalue weighted by Crippen LogP contribution is -2.54. The molecule has 0 radical (unpaired) electrons. The van der Waals surface area contributed by atoms with E-state index in [2.05, 4.69) is 10.6 Å². The highest BCUT2D eigenvalue weighted by Crippen LogP contribution is 2.48.